The Balaban J connectivity index is 2.23. The molecule has 0 aromatic heterocycles. The molecule has 0 fully saturated rings. The molecule has 0 saturated carbocycles. The van der Waals surface area contributed by atoms with Crippen molar-refractivity contribution in [1.29, 1.82) is 0 Å². The summed E-state index contributed by atoms with van der Waals surface area (Å²) in [5, 5.41) is 12.9. The maximum Gasteiger partial charge on any atom is 0.234 e. The summed E-state index contributed by atoms with van der Waals surface area (Å²) < 4.78 is 0. The van der Waals surface area contributed by atoms with Gasteiger partial charge in [-0.1, -0.05) is 30.6 Å². The molecule has 22 heavy (non-hydrogen) atoms. The predicted octanol–water partition coefficient (Wildman–Crippen LogP) is 3.26. The van der Waals surface area contributed by atoms with Crippen molar-refractivity contribution in [3.05, 3.63) is 28.8 Å². The Kier molecular flexibility index (Phi) is 5.19. The summed E-state index contributed by atoms with van der Waals surface area (Å²) in [7, 11) is 0. The first-order valence-electron chi connectivity index (χ1n) is 7.25. The zero-order chi connectivity index (χ0) is 16.3. The molecule has 1 aromatic rings. The van der Waals surface area contributed by atoms with Crippen LogP contribution in [0.4, 0.5) is 5.69 Å². The molecule has 1 aromatic carbocycles. The standard InChI is InChI=1S/C16H19ClN2O3/c1-10(2)7-12(20)9-16(21)19-6-5-14(18-22)13-8-11(17)3-4-15(13)19/h3-4,8,10,22H,5-7,9H2,1-2H3/b18-14+. The summed E-state index contributed by atoms with van der Waals surface area (Å²) in [5.41, 5.74) is 1.76. The first kappa shape index (κ1) is 16.5. The molecule has 1 aliphatic rings. The number of nitrogens with zero attached hydrogens (tertiary/aromatic N) is 2. The molecule has 1 aliphatic heterocycles. The van der Waals surface area contributed by atoms with Crippen molar-refractivity contribution in [2.45, 2.75) is 33.1 Å². The number of Topliss-reactive ketones (excluding diaryl/α,β-unsaturated/α-hetero) is 1. The lowest BCUT2D eigenvalue weighted by molar-refractivity contribution is -0.127. The van der Waals surface area contributed by atoms with Crippen LogP contribution in [-0.4, -0.2) is 29.2 Å². The third-order valence-electron chi connectivity index (χ3n) is 3.54. The summed E-state index contributed by atoms with van der Waals surface area (Å²) in [5.74, 6) is -0.0516. The van der Waals surface area contributed by atoms with Crippen LogP contribution in [-0.2, 0) is 9.59 Å². The Morgan fingerprint density at radius 3 is 2.77 bits per heavy atom. The van der Waals surface area contributed by atoms with E-state index >= 15 is 0 Å². The lowest BCUT2D eigenvalue weighted by Gasteiger charge is -2.30. The van der Waals surface area contributed by atoms with Crippen molar-refractivity contribution in [3.8, 4) is 0 Å². The molecule has 0 saturated heterocycles. The highest BCUT2D eigenvalue weighted by atomic mass is 35.5. The molecular formula is C16H19ClN2O3. The van der Waals surface area contributed by atoms with Crippen molar-refractivity contribution in [3.63, 3.8) is 0 Å². The average Bonchev–Trinajstić information content (AvgIpc) is 2.44. The number of halogens is 1. The van der Waals surface area contributed by atoms with Crippen LogP contribution in [0.3, 0.4) is 0 Å². The van der Waals surface area contributed by atoms with Crippen LogP contribution in [0.5, 0.6) is 0 Å². The smallest absolute Gasteiger partial charge is 0.234 e. The lowest BCUT2D eigenvalue weighted by Crippen LogP contribution is -2.38. The first-order chi connectivity index (χ1) is 10.4. The molecule has 0 atom stereocenters. The Morgan fingerprint density at radius 2 is 2.14 bits per heavy atom. The van der Waals surface area contributed by atoms with Crippen LogP contribution in [0.1, 0.15) is 38.7 Å². The fourth-order valence-electron chi connectivity index (χ4n) is 2.60. The van der Waals surface area contributed by atoms with Gasteiger partial charge in [0.25, 0.3) is 0 Å². The monoisotopic (exact) mass is 322 g/mol. The van der Waals surface area contributed by atoms with Gasteiger partial charge >= 0.3 is 0 Å². The number of anilines is 1. The molecule has 1 heterocycles. The minimum Gasteiger partial charge on any atom is -0.411 e. The number of carbonyl (C=O) groups excluding carboxylic acids is 2. The van der Waals surface area contributed by atoms with Gasteiger partial charge in [0.2, 0.25) is 5.91 Å². The topological polar surface area (TPSA) is 70.0 Å². The third kappa shape index (κ3) is 3.65. The highest BCUT2D eigenvalue weighted by molar-refractivity contribution is 6.31. The SMILES string of the molecule is CC(C)CC(=O)CC(=O)N1CC/C(=N\O)c2cc(Cl)ccc21. The summed E-state index contributed by atoms with van der Waals surface area (Å²) in [6, 6.07) is 5.06. The fourth-order valence-corrected chi connectivity index (χ4v) is 2.77. The van der Waals surface area contributed by atoms with E-state index in [1.54, 1.807) is 23.1 Å². The van der Waals surface area contributed by atoms with E-state index in [0.29, 0.717) is 41.4 Å². The number of oxime groups is 1. The summed E-state index contributed by atoms with van der Waals surface area (Å²) >= 11 is 5.97. The Bertz CT molecular complexity index is 626. The van der Waals surface area contributed by atoms with E-state index in [0.717, 1.165) is 0 Å². The molecule has 0 aliphatic carbocycles. The maximum absolute atomic E-state index is 12.4. The van der Waals surface area contributed by atoms with Crippen molar-refractivity contribution < 1.29 is 14.8 Å². The van der Waals surface area contributed by atoms with Crippen molar-refractivity contribution in [2.24, 2.45) is 11.1 Å². The molecule has 1 N–H and O–H groups in total. The van der Waals surface area contributed by atoms with Gasteiger partial charge in [0.1, 0.15) is 5.78 Å². The van der Waals surface area contributed by atoms with Crippen LogP contribution >= 0.6 is 11.6 Å². The van der Waals surface area contributed by atoms with Gasteiger partial charge < -0.3 is 10.1 Å². The molecule has 6 heteroatoms. The molecule has 1 amide bonds. The number of fused-ring (bicyclic) bond motifs is 1. The predicted molar refractivity (Wildman–Crippen MR) is 85.8 cm³/mol. The molecule has 0 radical (unpaired) electrons. The first-order valence-corrected chi connectivity index (χ1v) is 7.63. The molecule has 5 nitrogen and oxygen atoms in total. The van der Waals surface area contributed by atoms with Crippen molar-refractivity contribution in [2.75, 3.05) is 11.4 Å². The molecule has 0 unspecified atom stereocenters. The summed E-state index contributed by atoms with van der Waals surface area (Å²) in [6.45, 7) is 4.29. The van der Waals surface area contributed by atoms with Gasteiger partial charge in [0, 0.05) is 30.0 Å². The Hall–Kier alpha value is -1.88. The number of amides is 1. The van der Waals surface area contributed by atoms with Gasteiger partial charge in [-0.05, 0) is 24.1 Å². The van der Waals surface area contributed by atoms with E-state index in [2.05, 4.69) is 5.16 Å². The number of benzene rings is 1. The normalized spacial score (nSPS) is 16.0. The van der Waals surface area contributed by atoms with Gasteiger partial charge in [0.05, 0.1) is 17.8 Å². The highest BCUT2D eigenvalue weighted by Gasteiger charge is 2.27. The number of hydrogen-bond acceptors (Lipinski definition) is 4. The molecular weight excluding hydrogens is 304 g/mol. The largest absolute Gasteiger partial charge is 0.411 e. The Labute approximate surface area is 134 Å². The van der Waals surface area contributed by atoms with Gasteiger partial charge in [-0.25, -0.2) is 0 Å². The second kappa shape index (κ2) is 6.92. The van der Waals surface area contributed by atoms with Gasteiger partial charge in [-0.3, -0.25) is 9.59 Å². The van der Waals surface area contributed by atoms with E-state index < -0.39 is 0 Å². The van der Waals surface area contributed by atoms with Gasteiger partial charge in [0.15, 0.2) is 0 Å². The second-order valence-electron chi connectivity index (χ2n) is 5.82. The molecule has 0 bridgehead atoms. The second-order valence-corrected chi connectivity index (χ2v) is 6.25. The maximum atomic E-state index is 12.4. The van der Waals surface area contributed by atoms with Crippen molar-refractivity contribution in [1.82, 2.24) is 0 Å². The van der Waals surface area contributed by atoms with Crippen LogP contribution < -0.4 is 4.90 Å². The molecule has 2 rings (SSSR count). The highest BCUT2D eigenvalue weighted by Crippen LogP contribution is 2.30. The van der Waals surface area contributed by atoms with Gasteiger partial charge in [-0.2, -0.15) is 0 Å². The number of hydrogen-bond donors (Lipinski definition) is 1. The number of carbonyl (C=O) groups is 2. The summed E-state index contributed by atoms with van der Waals surface area (Å²) in [4.78, 5) is 25.8. The quantitative estimate of drug-likeness (QED) is 0.525. The average molecular weight is 323 g/mol. The van der Waals surface area contributed by atoms with Crippen LogP contribution in [0, 0.1) is 5.92 Å². The zero-order valence-corrected chi connectivity index (χ0v) is 13.4. The lowest BCUT2D eigenvalue weighted by atomic mass is 9.98. The van der Waals surface area contributed by atoms with E-state index in [9.17, 15) is 9.59 Å². The molecule has 118 valence electrons. The van der Waals surface area contributed by atoms with Crippen LogP contribution in [0.25, 0.3) is 0 Å². The van der Waals surface area contributed by atoms with E-state index in [1.807, 2.05) is 13.8 Å². The Morgan fingerprint density at radius 1 is 1.41 bits per heavy atom. The van der Waals surface area contributed by atoms with E-state index in [-0.39, 0.29) is 24.0 Å². The minimum atomic E-state index is -0.230. The fraction of sp³-hybridized carbons (Fsp3) is 0.438. The third-order valence-corrected chi connectivity index (χ3v) is 3.77. The van der Waals surface area contributed by atoms with Crippen LogP contribution in [0.15, 0.2) is 23.4 Å². The van der Waals surface area contributed by atoms with E-state index in [1.165, 1.54) is 0 Å². The number of rotatable bonds is 4. The zero-order valence-electron chi connectivity index (χ0n) is 12.7. The van der Waals surface area contributed by atoms with Crippen molar-refractivity contribution >= 4 is 34.7 Å². The molecule has 0 spiro atoms. The summed E-state index contributed by atoms with van der Waals surface area (Å²) in [6.07, 6.45) is 0.718. The van der Waals surface area contributed by atoms with Crippen LogP contribution in [0.2, 0.25) is 5.02 Å². The minimum absolute atomic E-state index is 0.0582. The van der Waals surface area contributed by atoms with E-state index in [4.69, 9.17) is 16.8 Å². The number of ketones is 1. The van der Waals surface area contributed by atoms with Gasteiger partial charge in [-0.15, -0.1) is 0 Å².